The molecule has 2 heterocycles. The van der Waals surface area contributed by atoms with Crippen LogP contribution in [0.3, 0.4) is 0 Å². The molecule has 1 atom stereocenters. The molecule has 142 valence electrons. The molecular formula is C22H28N4O. The molecule has 0 unspecified atom stereocenters. The number of nitrogens with one attached hydrogen (secondary N) is 1. The number of aryl methyl sites for hydroxylation is 1. The number of benzene rings is 2. The Kier molecular flexibility index (Phi) is 5.14. The summed E-state index contributed by atoms with van der Waals surface area (Å²) in [6, 6.07) is 15.3. The summed E-state index contributed by atoms with van der Waals surface area (Å²) in [4.78, 5) is 9.99. The molecule has 5 nitrogen and oxygen atoms in total. The number of piperazine rings is 1. The first-order valence-corrected chi connectivity index (χ1v) is 9.65. The topological polar surface area (TPSA) is 40.1 Å². The zero-order chi connectivity index (χ0) is 18.8. The molecule has 1 N–H and O–H groups in total. The van der Waals surface area contributed by atoms with Crippen molar-refractivity contribution in [3.63, 3.8) is 0 Å². The Labute approximate surface area is 161 Å². The Bertz CT molecular complexity index is 848. The third-order valence-corrected chi connectivity index (χ3v) is 5.55. The number of para-hydroxylation sites is 2. The van der Waals surface area contributed by atoms with Crippen LogP contribution in [-0.2, 0) is 4.74 Å². The van der Waals surface area contributed by atoms with Gasteiger partial charge in [-0.25, -0.2) is 4.99 Å². The van der Waals surface area contributed by atoms with E-state index in [-0.39, 0.29) is 0 Å². The molecule has 5 heteroatoms. The van der Waals surface area contributed by atoms with Crippen LogP contribution < -0.4 is 5.32 Å². The van der Waals surface area contributed by atoms with Gasteiger partial charge in [-0.1, -0.05) is 18.2 Å². The fourth-order valence-electron chi connectivity index (χ4n) is 3.90. The lowest BCUT2D eigenvalue weighted by molar-refractivity contribution is 0.100. The van der Waals surface area contributed by atoms with Crippen molar-refractivity contribution in [2.45, 2.75) is 19.4 Å². The Balaban J connectivity index is 1.73. The molecule has 0 saturated carbocycles. The summed E-state index contributed by atoms with van der Waals surface area (Å²) in [7, 11) is 3.98. The maximum atomic E-state index is 5.32. The first kappa shape index (κ1) is 18.0. The minimum Gasteiger partial charge on any atom is -0.385 e. The lowest BCUT2D eigenvalue weighted by Crippen LogP contribution is -2.53. The average Bonchev–Trinajstić information content (AvgIpc) is 2.83. The molecule has 1 saturated heterocycles. The number of rotatable bonds is 3. The summed E-state index contributed by atoms with van der Waals surface area (Å²) in [6.07, 6.45) is 1.03. The molecule has 0 spiro atoms. The van der Waals surface area contributed by atoms with Gasteiger partial charge in [0.1, 0.15) is 5.84 Å². The van der Waals surface area contributed by atoms with Crippen molar-refractivity contribution in [3.05, 3.63) is 53.6 Å². The number of aliphatic imine (C=N–C) groups is 1. The maximum absolute atomic E-state index is 5.32. The van der Waals surface area contributed by atoms with Crippen molar-refractivity contribution in [2.24, 2.45) is 4.99 Å². The monoisotopic (exact) mass is 364 g/mol. The molecule has 2 aromatic carbocycles. The van der Waals surface area contributed by atoms with Crippen molar-refractivity contribution >= 4 is 22.9 Å². The zero-order valence-corrected chi connectivity index (χ0v) is 16.4. The van der Waals surface area contributed by atoms with Gasteiger partial charge >= 0.3 is 0 Å². The number of nitrogens with zero attached hydrogens (tertiary/aromatic N) is 3. The highest BCUT2D eigenvalue weighted by Crippen LogP contribution is 2.35. The van der Waals surface area contributed by atoms with Gasteiger partial charge in [0.25, 0.3) is 0 Å². The fraction of sp³-hybridized carbons (Fsp3) is 0.409. The van der Waals surface area contributed by atoms with E-state index < -0.39 is 0 Å². The lowest BCUT2D eigenvalue weighted by Gasteiger charge is -2.41. The van der Waals surface area contributed by atoms with Crippen LogP contribution in [0.25, 0.3) is 0 Å². The average molecular weight is 364 g/mol. The first-order chi connectivity index (χ1) is 13.2. The van der Waals surface area contributed by atoms with Gasteiger partial charge in [-0.05, 0) is 50.2 Å². The Morgan fingerprint density at radius 2 is 2.00 bits per heavy atom. The third-order valence-electron chi connectivity index (χ3n) is 5.55. The summed E-state index contributed by atoms with van der Waals surface area (Å²) in [5.74, 6) is 1.07. The summed E-state index contributed by atoms with van der Waals surface area (Å²) >= 11 is 0. The van der Waals surface area contributed by atoms with Crippen LogP contribution in [-0.4, -0.2) is 62.1 Å². The van der Waals surface area contributed by atoms with Gasteiger partial charge in [0, 0.05) is 50.6 Å². The van der Waals surface area contributed by atoms with Crippen LogP contribution in [0.5, 0.6) is 0 Å². The zero-order valence-electron chi connectivity index (χ0n) is 16.4. The number of fused-ring (bicyclic) bond motifs is 2. The van der Waals surface area contributed by atoms with E-state index in [0.29, 0.717) is 6.04 Å². The van der Waals surface area contributed by atoms with E-state index in [2.05, 4.69) is 65.5 Å². The molecule has 0 aliphatic carbocycles. The number of likely N-dealkylation sites (N-methyl/N-ethyl adjacent to an activating group) is 1. The molecule has 0 radical (unpaired) electrons. The van der Waals surface area contributed by atoms with Crippen LogP contribution in [0, 0.1) is 6.92 Å². The second kappa shape index (κ2) is 7.71. The third kappa shape index (κ3) is 3.70. The molecule has 2 aromatic rings. The second-order valence-electron chi connectivity index (χ2n) is 7.49. The standard InChI is InChI=1S/C22H28N4O/c1-16-8-9-18-21(14-16)23-19-6-4-5-7-20(19)24-22(18)26-12-11-25(2)17(15-26)10-13-27-3/h4-9,14,17,23H,10-13,15H2,1-3H3/t17-/m0/s1. The van der Waals surface area contributed by atoms with Crippen molar-refractivity contribution < 1.29 is 4.74 Å². The van der Waals surface area contributed by atoms with E-state index in [1.807, 2.05) is 6.07 Å². The van der Waals surface area contributed by atoms with Gasteiger partial charge in [0.2, 0.25) is 0 Å². The van der Waals surface area contributed by atoms with E-state index >= 15 is 0 Å². The summed E-state index contributed by atoms with van der Waals surface area (Å²) in [6.45, 7) is 5.90. The van der Waals surface area contributed by atoms with E-state index in [0.717, 1.165) is 55.6 Å². The summed E-state index contributed by atoms with van der Waals surface area (Å²) < 4.78 is 5.32. The van der Waals surface area contributed by atoms with Gasteiger partial charge in [0.15, 0.2) is 0 Å². The Morgan fingerprint density at radius 3 is 2.85 bits per heavy atom. The number of hydrogen-bond donors (Lipinski definition) is 1. The number of ether oxygens (including phenoxy) is 1. The summed E-state index contributed by atoms with van der Waals surface area (Å²) in [5.41, 5.74) is 5.60. The second-order valence-corrected chi connectivity index (χ2v) is 7.49. The van der Waals surface area contributed by atoms with E-state index in [1.54, 1.807) is 7.11 Å². The normalized spacial score (nSPS) is 19.6. The van der Waals surface area contributed by atoms with Gasteiger partial charge in [-0.3, -0.25) is 4.90 Å². The highest BCUT2D eigenvalue weighted by Gasteiger charge is 2.29. The molecule has 27 heavy (non-hydrogen) atoms. The van der Waals surface area contributed by atoms with Crippen molar-refractivity contribution in [1.82, 2.24) is 9.80 Å². The quantitative estimate of drug-likeness (QED) is 0.900. The van der Waals surface area contributed by atoms with Gasteiger partial charge < -0.3 is 15.0 Å². The molecule has 2 aliphatic rings. The Hall–Kier alpha value is -2.37. The van der Waals surface area contributed by atoms with E-state index in [4.69, 9.17) is 9.73 Å². The van der Waals surface area contributed by atoms with Crippen LogP contribution in [0.1, 0.15) is 17.5 Å². The van der Waals surface area contributed by atoms with Crippen LogP contribution >= 0.6 is 0 Å². The largest absolute Gasteiger partial charge is 0.385 e. The minimum absolute atomic E-state index is 0.474. The first-order valence-electron chi connectivity index (χ1n) is 9.65. The summed E-state index contributed by atoms with van der Waals surface area (Å²) in [5, 5.41) is 3.60. The predicted octanol–water partition coefficient (Wildman–Crippen LogP) is 3.78. The molecule has 4 rings (SSSR count). The number of anilines is 2. The van der Waals surface area contributed by atoms with Gasteiger partial charge in [-0.2, -0.15) is 0 Å². The van der Waals surface area contributed by atoms with Crippen LogP contribution in [0.4, 0.5) is 17.1 Å². The van der Waals surface area contributed by atoms with Crippen LogP contribution in [0.2, 0.25) is 0 Å². The highest BCUT2D eigenvalue weighted by molar-refractivity contribution is 6.07. The van der Waals surface area contributed by atoms with Gasteiger partial charge in [-0.15, -0.1) is 0 Å². The number of hydrogen-bond acceptors (Lipinski definition) is 5. The molecule has 0 aromatic heterocycles. The smallest absolute Gasteiger partial charge is 0.138 e. The molecular weight excluding hydrogens is 336 g/mol. The molecule has 0 amide bonds. The highest BCUT2D eigenvalue weighted by atomic mass is 16.5. The predicted molar refractivity (Wildman–Crippen MR) is 112 cm³/mol. The fourth-order valence-corrected chi connectivity index (χ4v) is 3.90. The van der Waals surface area contributed by atoms with Gasteiger partial charge in [0.05, 0.1) is 11.4 Å². The number of methoxy groups -OCH3 is 1. The van der Waals surface area contributed by atoms with Crippen molar-refractivity contribution in [1.29, 1.82) is 0 Å². The Morgan fingerprint density at radius 1 is 1.15 bits per heavy atom. The minimum atomic E-state index is 0.474. The van der Waals surface area contributed by atoms with E-state index in [9.17, 15) is 0 Å². The van der Waals surface area contributed by atoms with Crippen molar-refractivity contribution in [2.75, 3.05) is 45.7 Å². The van der Waals surface area contributed by atoms with Crippen molar-refractivity contribution in [3.8, 4) is 0 Å². The van der Waals surface area contributed by atoms with E-state index in [1.165, 1.54) is 11.1 Å². The molecule has 0 bridgehead atoms. The number of amidine groups is 1. The SMILES string of the molecule is COCC[C@H]1CN(C2=Nc3ccccc3Nc3cc(C)ccc32)CCN1C. The maximum Gasteiger partial charge on any atom is 0.138 e. The molecule has 2 aliphatic heterocycles. The molecule has 1 fully saturated rings. The lowest BCUT2D eigenvalue weighted by atomic mass is 10.0. The van der Waals surface area contributed by atoms with Crippen LogP contribution in [0.15, 0.2) is 47.5 Å².